The lowest BCUT2D eigenvalue weighted by atomic mass is 10.1. The second-order valence-corrected chi connectivity index (χ2v) is 5.41. The third-order valence-corrected chi connectivity index (χ3v) is 3.82. The van der Waals surface area contributed by atoms with Gasteiger partial charge in [0.15, 0.2) is 11.5 Å². The molecule has 7 nitrogen and oxygen atoms in total. The average Bonchev–Trinajstić information content (AvgIpc) is 3.04. The molecule has 0 bridgehead atoms. The summed E-state index contributed by atoms with van der Waals surface area (Å²) in [6, 6.07) is 8.32. The highest BCUT2D eigenvalue weighted by Crippen LogP contribution is 2.33. The number of aryl methyl sites for hydroxylation is 1. The lowest BCUT2D eigenvalue weighted by Crippen LogP contribution is -2.14. The van der Waals surface area contributed by atoms with Crippen LogP contribution in [0.2, 0.25) is 0 Å². The van der Waals surface area contributed by atoms with Crippen molar-refractivity contribution in [3.05, 3.63) is 54.2 Å². The topological polar surface area (TPSA) is 78.3 Å². The molecule has 0 radical (unpaired) electrons. The molecule has 2 aromatic heterocycles. The number of ether oxygens (including phenoxy) is 2. The SMILES string of the molecule is COc1ccc(OC)c(-c2cc(C(=O)Nc3ccncc3F)nn2C)c1. The van der Waals surface area contributed by atoms with Crippen molar-refractivity contribution >= 4 is 11.6 Å². The summed E-state index contributed by atoms with van der Waals surface area (Å²) in [5, 5.41) is 6.70. The minimum absolute atomic E-state index is 0.0381. The van der Waals surface area contributed by atoms with Gasteiger partial charge in [-0.15, -0.1) is 0 Å². The molecule has 26 heavy (non-hydrogen) atoms. The molecular formula is C18H17FN4O3. The van der Waals surface area contributed by atoms with Gasteiger partial charge in [0, 0.05) is 18.8 Å². The fraction of sp³-hybridized carbons (Fsp3) is 0.167. The van der Waals surface area contributed by atoms with Gasteiger partial charge in [-0.05, 0) is 30.3 Å². The van der Waals surface area contributed by atoms with Crippen LogP contribution in [-0.4, -0.2) is 34.9 Å². The number of anilines is 1. The Morgan fingerprint density at radius 2 is 2.00 bits per heavy atom. The number of carbonyl (C=O) groups is 1. The van der Waals surface area contributed by atoms with E-state index in [9.17, 15) is 9.18 Å². The highest BCUT2D eigenvalue weighted by atomic mass is 19.1. The van der Waals surface area contributed by atoms with Crippen molar-refractivity contribution < 1.29 is 18.7 Å². The van der Waals surface area contributed by atoms with Crippen LogP contribution >= 0.6 is 0 Å². The number of nitrogens with one attached hydrogen (secondary N) is 1. The van der Waals surface area contributed by atoms with Gasteiger partial charge >= 0.3 is 0 Å². The number of carbonyl (C=O) groups excluding carboxylic acids is 1. The smallest absolute Gasteiger partial charge is 0.276 e. The van der Waals surface area contributed by atoms with Crippen LogP contribution in [0.15, 0.2) is 42.7 Å². The third kappa shape index (κ3) is 3.34. The molecule has 0 fully saturated rings. The van der Waals surface area contributed by atoms with Crippen molar-refractivity contribution in [2.75, 3.05) is 19.5 Å². The highest BCUT2D eigenvalue weighted by molar-refractivity contribution is 6.03. The molecule has 0 aliphatic carbocycles. The lowest BCUT2D eigenvalue weighted by molar-refractivity contribution is 0.102. The second kappa shape index (κ2) is 7.22. The molecule has 0 aliphatic heterocycles. The predicted octanol–water partition coefficient (Wildman–Crippen LogP) is 2.89. The van der Waals surface area contributed by atoms with Crippen LogP contribution in [-0.2, 0) is 7.05 Å². The van der Waals surface area contributed by atoms with Crippen molar-refractivity contribution in [3.8, 4) is 22.8 Å². The van der Waals surface area contributed by atoms with E-state index in [0.29, 0.717) is 17.2 Å². The van der Waals surface area contributed by atoms with Crippen molar-refractivity contribution in [2.24, 2.45) is 7.05 Å². The maximum Gasteiger partial charge on any atom is 0.276 e. The van der Waals surface area contributed by atoms with Gasteiger partial charge in [-0.25, -0.2) is 4.39 Å². The van der Waals surface area contributed by atoms with Gasteiger partial charge in [0.05, 0.1) is 31.8 Å². The largest absolute Gasteiger partial charge is 0.497 e. The van der Waals surface area contributed by atoms with E-state index in [1.54, 1.807) is 50.2 Å². The van der Waals surface area contributed by atoms with Gasteiger partial charge in [0.25, 0.3) is 5.91 Å². The number of pyridine rings is 1. The van der Waals surface area contributed by atoms with Crippen LogP contribution in [0, 0.1) is 5.82 Å². The van der Waals surface area contributed by atoms with E-state index in [4.69, 9.17) is 9.47 Å². The van der Waals surface area contributed by atoms with Crippen molar-refractivity contribution in [1.82, 2.24) is 14.8 Å². The lowest BCUT2D eigenvalue weighted by Gasteiger charge is -2.10. The Balaban J connectivity index is 1.95. The van der Waals surface area contributed by atoms with Gasteiger partial charge in [-0.1, -0.05) is 0 Å². The molecule has 0 atom stereocenters. The van der Waals surface area contributed by atoms with Crippen molar-refractivity contribution in [3.63, 3.8) is 0 Å². The number of aromatic nitrogens is 3. The zero-order valence-electron chi connectivity index (χ0n) is 14.5. The first-order valence-corrected chi connectivity index (χ1v) is 7.70. The summed E-state index contributed by atoms with van der Waals surface area (Å²) in [5.74, 6) is 0.109. The summed E-state index contributed by atoms with van der Waals surface area (Å²) < 4.78 is 25.8. The summed E-state index contributed by atoms with van der Waals surface area (Å²) in [6.07, 6.45) is 2.42. The Bertz CT molecular complexity index is 955. The number of halogens is 1. The summed E-state index contributed by atoms with van der Waals surface area (Å²) in [4.78, 5) is 16.1. The van der Waals surface area contributed by atoms with Gasteiger partial charge in [0.1, 0.15) is 11.5 Å². The molecule has 0 spiro atoms. The van der Waals surface area contributed by atoms with Crippen LogP contribution in [0.25, 0.3) is 11.3 Å². The molecule has 0 saturated carbocycles. The van der Waals surface area contributed by atoms with E-state index in [1.165, 1.54) is 12.3 Å². The Morgan fingerprint density at radius 3 is 2.69 bits per heavy atom. The fourth-order valence-corrected chi connectivity index (χ4v) is 2.51. The molecular weight excluding hydrogens is 339 g/mol. The van der Waals surface area contributed by atoms with Crippen LogP contribution in [0.1, 0.15) is 10.5 Å². The first-order chi connectivity index (χ1) is 12.5. The van der Waals surface area contributed by atoms with Crippen molar-refractivity contribution in [2.45, 2.75) is 0 Å². The van der Waals surface area contributed by atoms with Crippen LogP contribution < -0.4 is 14.8 Å². The van der Waals surface area contributed by atoms with E-state index in [1.807, 2.05) is 0 Å². The number of rotatable bonds is 5. The zero-order valence-corrected chi connectivity index (χ0v) is 14.5. The molecule has 0 aliphatic rings. The monoisotopic (exact) mass is 356 g/mol. The fourth-order valence-electron chi connectivity index (χ4n) is 2.51. The number of hydrogen-bond acceptors (Lipinski definition) is 5. The van der Waals surface area contributed by atoms with E-state index in [2.05, 4.69) is 15.4 Å². The summed E-state index contributed by atoms with van der Waals surface area (Å²) in [5.41, 5.74) is 1.55. The molecule has 3 aromatic rings. The molecule has 134 valence electrons. The Hall–Kier alpha value is -3.42. The number of hydrogen-bond donors (Lipinski definition) is 1. The van der Waals surface area contributed by atoms with Crippen molar-refractivity contribution in [1.29, 1.82) is 0 Å². The Morgan fingerprint density at radius 1 is 1.19 bits per heavy atom. The normalized spacial score (nSPS) is 10.5. The van der Waals surface area contributed by atoms with Gasteiger partial charge in [-0.2, -0.15) is 5.10 Å². The van der Waals surface area contributed by atoms with Gasteiger partial charge in [0.2, 0.25) is 0 Å². The quantitative estimate of drug-likeness (QED) is 0.760. The van der Waals surface area contributed by atoms with E-state index >= 15 is 0 Å². The molecule has 2 heterocycles. The average molecular weight is 356 g/mol. The minimum Gasteiger partial charge on any atom is -0.497 e. The van der Waals surface area contributed by atoms with Crippen LogP contribution in [0.3, 0.4) is 0 Å². The highest BCUT2D eigenvalue weighted by Gasteiger charge is 2.18. The van der Waals surface area contributed by atoms with E-state index < -0.39 is 11.7 Å². The second-order valence-electron chi connectivity index (χ2n) is 5.41. The maximum atomic E-state index is 13.7. The molecule has 0 saturated heterocycles. The van der Waals surface area contributed by atoms with Gasteiger partial charge < -0.3 is 14.8 Å². The summed E-state index contributed by atoms with van der Waals surface area (Å²) >= 11 is 0. The molecule has 0 unspecified atom stereocenters. The molecule has 1 aromatic carbocycles. The van der Waals surface area contributed by atoms with Crippen LogP contribution in [0.4, 0.5) is 10.1 Å². The summed E-state index contributed by atoms with van der Waals surface area (Å²) in [6.45, 7) is 0. The predicted molar refractivity (Wildman–Crippen MR) is 93.9 cm³/mol. The third-order valence-electron chi connectivity index (χ3n) is 3.82. The van der Waals surface area contributed by atoms with E-state index in [-0.39, 0.29) is 11.4 Å². The van der Waals surface area contributed by atoms with E-state index in [0.717, 1.165) is 11.8 Å². The molecule has 3 rings (SSSR count). The number of benzene rings is 1. The Labute approximate surface area is 149 Å². The van der Waals surface area contributed by atoms with Gasteiger partial charge in [-0.3, -0.25) is 14.5 Å². The number of amides is 1. The Kier molecular flexibility index (Phi) is 4.83. The molecule has 1 amide bonds. The maximum absolute atomic E-state index is 13.7. The summed E-state index contributed by atoms with van der Waals surface area (Å²) in [7, 11) is 4.83. The molecule has 1 N–H and O–H groups in total. The molecule has 8 heteroatoms. The standard InChI is InChI=1S/C18H17FN4O3/c1-23-16(12-8-11(25-2)4-5-17(12)26-3)9-15(22-23)18(24)21-14-6-7-20-10-13(14)19/h4-10H,1-3H3,(H,20,21,24). The minimum atomic E-state index is -0.619. The zero-order chi connectivity index (χ0) is 18.7. The number of methoxy groups -OCH3 is 2. The first-order valence-electron chi connectivity index (χ1n) is 7.70. The number of nitrogens with zero attached hydrogens (tertiary/aromatic N) is 3. The first kappa shape index (κ1) is 17.4. The van der Waals surface area contributed by atoms with Crippen LogP contribution in [0.5, 0.6) is 11.5 Å².